The number of para-hydroxylation sites is 1. The van der Waals surface area contributed by atoms with Crippen LogP contribution in [0.2, 0.25) is 0 Å². The topological polar surface area (TPSA) is 62.3 Å². The number of fused-ring (bicyclic) bond motifs is 1. The summed E-state index contributed by atoms with van der Waals surface area (Å²) >= 11 is 0. The molecule has 1 aromatic heterocycles. The Morgan fingerprint density at radius 3 is 2.64 bits per heavy atom. The van der Waals surface area contributed by atoms with Crippen LogP contribution in [0.5, 0.6) is 0 Å². The highest BCUT2D eigenvalue weighted by Crippen LogP contribution is 2.22. The van der Waals surface area contributed by atoms with Crippen molar-refractivity contribution in [3.8, 4) is 0 Å². The normalized spacial score (nSPS) is 14.1. The summed E-state index contributed by atoms with van der Waals surface area (Å²) < 4.78 is 0. The van der Waals surface area contributed by atoms with E-state index in [1.807, 2.05) is 42.5 Å². The number of nitrogens with zero attached hydrogens (tertiary/aromatic N) is 2. The fourth-order valence-corrected chi connectivity index (χ4v) is 3.06. The van der Waals surface area contributed by atoms with E-state index in [2.05, 4.69) is 10.3 Å². The van der Waals surface area contributed by atoms with Crippen molar-refractivity contribution >= 4 is 34.1 Å². The van der Waals surface area contributed by atoms with Gasteiger partial charge < -0.3 is 10.2 Å². The van der Waals surface area contributed by atoms with Crippen molar-refractivity contribution in [2.75, 3.05) is 16.8 Å². The Kier molecular flexibility index (Phi) is 3.90. The molecule has 0 bridgehead atoms. The molecular formula is C20H17N3O2. The number of pyridine rings is 1. The highest BCUT2D eigenvalue weighted by atomic mass is 16.2. The molecular weight excluding hydrogens is 314 g/mol. The minimum absolute atomic E-state index is 0.138. The van der Waals surface area contributed by atoms with Gasteiger partial charge in [0.05, 0.1) is 17.4 Å². The van der Waals surface area contributed by atoms with Crippen LogP contribution in [0.4, 0.5) is 11.4 Å². The summed E-state index contributed by atoms with van der Waals surface area (Å²) in [4.78, 5) is 30.3. The number of hydrogen-bond donors (Lipinski definition) is 1. The number of nitrogens with one attached hydrogen (secondary N) is 1. The standard InChI is InChI=1S/C20H17N3O2/c24-19-6-3-11-23(19)17-9-7-14(8-10-17)20(25)22-16-12-15-4-1-2-5-18(15)21-13-16/h1-2,4-5,7-10,12-13H,3,6,11H2,(H,22,25). The van der Waals surface area contributed by atoms with E-state index < -0.39 is 0 Å². The largest absolute Gasteiger partial charge is 0.321 e. The quantitative estimate of drug-likeness (QED) is 0.797. The molecule has 3 aromatic rings. The fraction of sp³-hybridized carbons (Fsp3) is 0.150. The van der Waals surface area contributed by atoms with E-state index in [1.165, 1.54) is 0 Å². The SMILES string of the molecule is O=C(Nc1cnc2ccccc2c1)c1ccc(N2CCCC2=O)cc1. The second-order valence-electron chi connectivity index (χ2n) is 6.07. The number of carbonyl (C=O) groups excluding carboxylic acids is 2. The summed E-state index contributed by atoms with van der Waals surface area (Å²) in [5.41, 5.74) is 2.93. The molecule has 124 valence electrons. The lowest BCUT2D eigenvalue weighted by Crippen LogP contribution is -2.23. The minimum Gasteiger partial charge on any atom is -0.321 e. The smallest absolute Gasteiger partial charge is 0.255 e. The van der Waals surface area contributed by atoms with Gasteiger partial charge in [0.1, 0.15) is 0 Å². The molecule has 1 aliphatic heterocycles. The molecule has 1 N–H and O–H groups in total. The van der Waals surface area contributed by atoms with Crippen molar-refractivity contribution < 1.29 is 9.59 Å². The second kappa shape index (κ2) is 6.36. The van der Waals surface area contributed by atoms with Gasteiger partial charge in [0, 0.05) is 29.6 Å². The first kappa shape index (κ1) is 15.3. The predicted molar refractivity (Wildman–Crippen MR) is 97.7 cm³/mol. The van der Waals surface area contributed by atoms with E-state index >= 15 is 0 Å². The van der Waals surface area contributed by atoms with E-state index in [9.17, 15) is 9.59 Å². The molecule has 0 saturated carbocycles. The average Bonchev–Trinajstić information content (AvgIpc) is 3.08. The van der Waals surface area contributed by atoms with E-state index in [1.54, 1.807) is 23.2 Å². The van der Waals surface area contributed by atoms with E-state index in [-0.39, 0.29) is 11.8 Å². The maximum atomic E-state index is 12.4. The van der Waals surface area contributed by atoms with Gasteiger partial charge in [-0.15, -0.1) is 0 Å². The first-order valence-corrected chi connectivity index (χ1v) is 8.27. The molecule has 0 atom stereocenters. The molecule has 1 saturated heterocycles. The van der Waals surface area contributed by atoms with E-state index in [4.69, 9.17) is 0 Å². The van der Waals surface area contributed by atoms with Crippen LogP contribution in [0.1, 0.15) is 23.2 Å². The molecule has 0 radical (unpaired) electrons. The van der Waals surface area contributed by atoms with Crippen LogP contribution in [0.15, 0.2) is 60.8 Å². The number of amides is 2. The van der Waals surface area contributed by atoms with Gasteiger partial charge in [-0.1, -0.05) is 18.2 Å². The number of hydrogen-bond acceptors (Lipinski definition) is 3. The van der Waals surface area contributed by atoms with E-state index in [0.29, 0.717) is 17.7 Å². The molecule has 0 unspecified atom stereocenters. The van der Waals surface area contributed by atoms with E-state index in [0.717, 1.165) is 29.6 Å². The lowest BCUT2D eigenvalue weighted by atomic mass is 10.1. The van der Waals surface area contributed by atoms with Gasteiger partial charge in [0.15, 0.2) is 0 Å². The summed E-state index contributed by atoms with van der Waals surface area (Å²) in [5.74, 6) is -0.0594. The summed E-state index contributed by atoms with van der Waals surface area (Å²) in [6, 6.07) is 16.8. The summed E-state index contributed by atoms with van der Waals surface area (Å²) in [6.45, 7) is 0.743. The van der Waals surface area contributed by atoms with Gasteiger partial charge in [-0.25, -0.2) is 0 Å². The van der Waals surface area contributed by atoms with Gasteiger partial charge in [-0.05, 0) is 42.8 Å². The summed E-state index contributed by atoms with van der Waals surface area (Å²) in [7, 11) is 0. The number of aromatic nitrogens is 1. The Balaban J connectivity index is 1.51. The van der Waals surface area contributed by atoms with Crippen LogP contribution in [-0.2, 0) is 4.79 Å². The third-order valence-electron chi connectivity index (χ3n) is 4.36. The van der Waals surface area contributed by atoms with Gasteiger partial charge in [0.25, 0.3) is 5.91 Å². The van der Waals surface area contributed by atoms with Crippen molar-refractivity contribution in [1.82, 2.24) is 4.98 Å². The Morgan fingerprint density at radius 2 is 1.88 bits per heavy atom. The maximum absolute atomic E-state index is 12.4. The Hall–Kier alpha value is -3.21. The summed E-state index contributed by atoms with van der Waals surface area (Å²) in [5, 5.41) is 3.84. The fourth-order valence-electron chi connectivity index (χ4n) is 3.06. The second-order valence-corrected chi connectivity index (χ2v) is 6.07. The molecule has 2 heterocycles. The molecule has 5 heteroatoms. The lowest BCUT2D eigenvalue weighted by molar-refractivity contribution is -0.117. The lowest BCUT2D eigenvalue weighted by Gasteiger charge is -2.15. The Labute approximate surface area is 145 Å². The van der Waals surface area contributed by atoms with Gasteiger partial charge in [-0.3, -0.25) is 14.6 Å². The molecule has 2 aromatic carbocycles. The van der Waals surface area contributed by atoms with Crippen molar-refractivity contribution in [2.45, 2.75) is 12.8 Å². The van der Waals surface area contributed by atoms with Crippen molar-refractivity contribution in [3.63, 3.8) is 0 Å². The molecule has 4 rings (SSSR count). The predicted octanol–water partition coefficient (Wildman–Crippen LogP) is 3.61. The average molecular weight is 331 g/mol. The molecule has 2 amide bonds. The first-order chi connectivity index (χ1) is 12.2. The number of benzene rings is 2. The third-order valence-corrected chi connectivity index (χ3v) is 4.36. The van der Waals surface area contributed by atoms with Crippen LogP contribution < -0.4 is 10.2 Å². The van der Waals surface area contributed by atoms with Crippen molar-refractivity contribution in [2.24, 2.45) is 0 Å². The number of anilines is 2. The molecule has 5 nitrogen and oxygen atoms in total. The molecule has 1 aliphatic rings. The highest BCUT2D eigenvalue weighted by Gasteiger charge is 2.21. The number of carbonyl (C=O) groups is 2. The van der Waals surface area contributed by atoms with Crippen molar-refractivity contribution in [1.29, 1.82) is 0 Å². The molecule has 0 aliphatic carbocycles. The van der Waals surface area contributed by atoms with Crippen molar-refractivity contribution in [3.05, 3.63) is 66.4 Å². The van der Waals surface area contributed by atoms with Gasteiger partial charge in [-0.2, -0.15) is 0 Å². The highest BCUT2D eigenvalue weighted by molar-refractivity contribution is 6.05. The van der Waals surface area contributed by atoms with Gasteiger partial charge >= 0.3 is 0 Å². The van der Waals surface area contributed by atoms with Gasteiger partial charge in [0.2, 0.25) is 5.91 Å². The van der Waals surface area contributed by atoms with Crippen LogP contribution in [0, 0.1) is 0 Å². The molecule has 25 heavy (non-hydrogen) atoms. The van der Waals surface area contributed by atoms with Crippen LogP contribution in [0.3, 0.4) is 0 Å². The number of rotatable bonds is 3. The Morgan fingerprint density at radius 1 is 1.08 bits per heavy atom. The van der Waals surface area contributed by atoms with Crippen LogP contribution in [0.25, 0.3) is 10.9 Å². The Bertz CT molecular complexity index is 951. The minimum atomic E-state index is -0.198. The van der Waals surface area contributed by atoms with Crippen LogP contribution in [-0.4, -0.2) is 23.3 Å². The zero-order chi connectivity index (χ0) is 17.2. The third kappa shape index (κ3) is 3.08. The first-order valence-electron chi connectivity index (χ1n) is 8.27. The molecule has 1 fully saturated rings. The zero-order valence-corrected chi connectivity index (χ0v) is 13.6. The summed E-state index contributed by atoms with van der Waals surface area (Å²) in [6.07, 6.45) is 3.13. The van der Waals surface area contributed by atoms with Crippen LogP contribution >= 0.6 is 0 Å². The zero-order valence-electron chi connectivity index (χ0n) is 13.6. The maximum Gasteiger partial charge on any atom is 0.255 e. The molecule has 0 spiro atoms. The monoisotopic (exact) mass is 331 g/mol.